The fourth-order valence-corrected chi connectivity index (χ4v) is 2.46. The Bertz CT molecular complexity index is 634. The molecule has 8 heteroatoms. The third-order valence-electron chi connectivity index (χ3n) is 3.60. The van der Waals surface area contributed by atoms with Gasteiger partial charge in [0.25, 0.3) is 0 Å². The second-order valence-electron chi connectivity index (χ2n) is 5.34. The highest BCUT2D eigenvalue weighted by Crippen LogP contribution is 2.18. The smallest absolute Gasteiger partial charge is 0.154 e. The van der Waals surface area contributed by atoms with Crippen LogP contribution in [0.3, 0.4) is 0 Å². The molecule has 23 heavy (non-hydrogen) atoms. The lowest BCUT2D eigenvalue weighted by Gasteiger charge is -2.33. The van der Waals surface area contributed by atoms with Crippen LogP contribution in [0.2, 0.25) is 0 Å². The van der Waals surface area contributed by atoms with Gasteiger partial charge in [0.1, 0.15) is 11.6 Å². The molecule has 0 bridgehead atoms. The zero-order valence-corrected chi connectivity index (χ0v) is 13.0. The maximum absolute atomic E-state index is 9.03. The van der Waals surface area contributed by atoms with Gasteiger partial charge in [-0.25, -0.2) is 9.97 Å². The van der Waals surface area contributed by atoms with Crippen molar-refractivity contribution in [1.29, 1.82) is 0 Å². The Hall–Kier alpha value is -2.32. The number of ether oxygens (including phenoxy) is 1. The molecule has 2 N–H and O–H groups in total. The summed E-state index contributed by atoms with van der Waals surface area (Å²) in [5, 5.41) is 20.6. The van der Waals surface area contributed by atoms with E-state index in [4.69, 9.17) is 9.84 Å². The zero-order valence-electron chi connectivity index (χ0n) is 13.0. The normalized spacial score (nSPS) is 18.0. The molecule has 122 valence electrons. The summed E-state index contributed by atoms with van der Waals surface area (Å²) < 4.78 is 5.61. The van der Waals surface area contributed by atoms with E-state index in [1.165, 1.54) is 0 Å². The van der Waals surface area contributed by atoms with Gasteiger partial charge in [-0.05, 0) is 31.5 Å². The lowest BCUT2D eigenvalue weighted by Crippen LogP contribution is -2.43. The standard InChI is InChI=1S/C15H20N6O2/c1-11-16-6-4-13(17-11)18-14-2-3-15(20-19-14)21-7-9-23-12(10-21)5-8-22/h2-4,6,12,22H,5,7-10H2,1H3,(H,16,17,18,19). The Balaban J connectivity index is 1.64. The molecule has 8 nitrogen and oxygen atoms in total. The Morgan fingerprint density at radius 2 is 2.22 bits per heavy atom. The molecular weight excluding hydrogens is 296 g/mol. The fraction of sp³-hybridized carbons (Fsp3) is 0.467. The molecule has 0 amide bonds. The quantitative estimate of drug-likeness (QED) is 0.840. The van der Waals surface area contributed by atoms with E-state index in [1.807, 2.05) is 19.1 Å². The van der Waals surface area contributed by atoms with Gasteiger partial charge in [0.05, 0.1) is 12.7 Å². The SMILES string of the molecule is Cc1nccc(Nc2ccc(N3CCOC(CCO)C3)nn2)n1. The number of nitrogens with one attached hydrogen (secondary N) is 1. The van der Waals surface area contributed by atoms with Gasteiger partial charge in [0, 0.05) is 25.9 Å². The number of anilines is 3. The van der Waals surface area contributed by atoms with Crippen molar-refractivity contribution >= 4 is 17.5 Å². The molecule has 1 atom stereocenters. The predicted octanol–water partition coefficient (Wildman–Crippen LogP) is 0.906. The molecule has 1 aliphatic heterocycles. The van der Waals surface area contributed by atoms with Crippen LogP contribution in [-0.2, 0) is 4.74 Å². The van der Waals surface area contributed by atoms with Crippen LogP contribution in [0.15, 0.2) is 24.4 Å². The molecule has 0 spiro atoms. The van der Waals surface area contributed by atoms with Gasteiger partial charge in [-0.3, -0.25) is 0 Å². The van der Waals surface area contributed by atoms with Crippen molar-refractivity contribution in [3.05, 3.63) is 30.2 Å². The van der Waals surface area contributed by atoms with Gasteiger partial charge in [-0.1, -0.05) is 0 Å². The second kappa shape index (κ2) is 7.30. The van der Waals surface area contributed by atoms with Crippen molar-refractivity contribution in [2.24, 2.45) is 0 Å². The van der Waals surface area contributed by atoms with Gasteiger partial charge in [0.2, 0.25) is 0 Å². The maximum Gasteiger partial charge on any atom is 0.154 e. The van der Waals surface area contributed by atoms with E-state index in [-0.39, 0.29) is 12.7 Å². The first-order valence-corrected chi connectivity index (χ1v) is 7.62. The molecule has 0 saturated carbocycles. The predicted molar refractivity (Wildman–Crippen MR) is 85.7 cm³/mol. The minimum absolute atomic E-state index is 0.0392. The van der Waals surface area contributed by atoms with Gasteiger partial charge < -0.3 is 20.1 Å². The Kier molecular flexibility index (Phi) is 4.94. The number of aliphatic hydroxyl groups is 1. The highest BCUT2D eigenvalue weighted by atomic mass is 16.5. The number of aromatic nitrogens is 4. The first kappa shape index (κ1) is 15.6. The summed E-state index contributed by atoms with van der Waals surface area (Å²) in [6, 6.07) is 5.57. The van der Waals surface area contributed by atoms with E-state index in [0.29, 0.717) is 37.0 Å². The first-order chi connectivity index (χ1) is 11.2. The first-order valence-electron chi connectivity index (χ1n) is 7.62. The highest BCUT2D eigenvalue weighted by Gasteiger charge is 2.21. The molecule has 1 aliphatic rings. The number of aryl methyl sites for hydroxylation is 1. The summed E-state index contributed by atoms with van der Waals surface area (Å²) in [5.74, 6) is 2.82. The molecule has 1 unspecified atom stereocenters. The molecule has 3 heterocycles. The third kappa shape index (κ3) is 4.11. The van der Waals surface area contributed by atoms with E-state index in [1.54, 1.807) is 12.3 Å². The minimum Gasteiger partial charge on any atom is -0.396 e. The van der Waals surface area contributed by atoms with Crippen molar-refractivity contribution in [2.45, 2.75) is 19.4 Å². The van der Waals surface area contributed by atoms with Gasteiger partial charge in [-0.15, -0.1) is 10.2 Å². The maximum atomic E-state index is 9.03. The van der Waals surface area contributed by atoms with Crippen molar-refractivity contribution in [3.63, 3.8) is 0 Å². The summed E-state index contributed by atoms with van der Waals surface area (Å²) in [5.41, 5.74) is 0. The van der Waals surface area contributed by atoms with E-state index >= 15 is 0 Å². The molecule has 0 aromatic carbocycles. The molecule has 0 aliphatic carbocycles. The number of hydrogen-bond acceptors (Lipinski definition) is 8. The van der Waals surface area contributed by atoms with E-state index in [2.05, 4.69) is 30.4 Å². The summed E-state index contributed by atoms with van der Waals surface area (Å²) in [7, 11) is 0. The summed E-state index contributed by atoms with van der Waals surface area (Å²) in [6.07, 6.45) is 2.37. The van der Waals surface area contributed by atoms with Crippen LogP contribution >= 0.6 is 0 Å². The van der Waals surface area contributed by atoms with Gasteiger partial charge in [0.15, 0.2) is 11.6 Å². The Morgan fingerprint density at radius 1 is 1.30 bits per heavy atom. The van der Waals surface area contributed by atoms with Crippen molar-refractivity contribution < 1.29 is 9.84 Å². The van der Waals surface area contributed by atoms with Gasteiger partial charge >= 0.3 is 0 Å². The molecule has 1 fully saturated rings. The van der Waals surface area contributed by atoms with Crippen molar-refractivity contribution in [3.8, 4) is 0 Å². The Morgan fingerprint density at radius 3 is 2.96 bits per heavy atom. The summed E-state index contributed by atoms with van der Waals surface area (Å²) in [4.78, 5) is 10.4. The highest BCUT2D eigenvalue weighted by molar-refractivity contribution is 5.52. The minimum atomic E-state index is 0.0392. The van der Waals surface area contributed by atoms with Crippen LogP contribution in [0.1, 0.15) is 12.2 Å². The molecule has 3 rings (SSSR count). The van der Waals surface area contributed by atoms with E-state index in [0.717, 1.165) is 12.4 Å². The van der Waals surface area contributed by atoms with Crippen LogP contribution in [-0.4, -0.2) is 57.7 Å². The van der Waals surface area contributed by atoms with Crippen molar-refractivity contribution in [1.82, 2.24) is 20.2 Å². The molecule has 2 aromatic heterocycles. The number of morpholine rings is 1. The summed E-state index contributed by atoms with van der Waals surface area (Å²) in [6.45, 7) is 4.08. The lowest BCUT2D eigenvalue weighted by atomic mass is 10.2. The van der Waals surface area contributed by atoms with E-state index < -0.39 is 0 Å². The number of nitrogens with zero attached hydrogens (tertiary/aromatic N) is 5. The van der Waals surface area contributed by atoms with Crippen LogP contribution in [0.25, 0.3) is 0 Å². The summed E-state index contributed by atoms with van der Waals surface area (Å²) >= 11 is 0. The average molecular weight is 316 g/mol. The fourth-order valence-electron chi connectivity index (χ4n) is 2.46. The number of rotatable bonds is 5. The van der Waals surface area contributed by atoms with Crippen LogP contribution in [0.5, 0.6) is 0 Å². The van der Waals surface area contributed by atoms with Crippen molar-refractivity contribution in [2.75, 3.05) is 36.5 Å². The zero-order chi connectivity index (χ0) is 16.1. The molecule has 1 saturated heterocycles. The number of aliphatic hydroxyl groups excluding tert-OH is 1. The van der Waals surface area contributed by atoms with Gasteiger partial charge in [-0.2, -0.15) is 0 Å². The molecule has 0 radical (unpaired) electrons. The molecular formula is C15H20N6O2. The van der Waals surface area contributed by atoms with Crippen LogP contribution < -0.4 is 10.2 Å². The average Bonchev–Trinajstić information content (AvgIpc) is 2.56. The van der Waals surface area contributed by atoms with Crippen LogP contribution in [0, 0.1) is 6.92 Å². The largest absolute Gasteiger partial charge is 0.396 e. The Labute approximate surface area is 134 Å². The topological polar surface area (TPSA) is 96.3 Å². The van der Waals surface area contributed by atoms with Crippen LogP contribution in [0.4, 0.5) is 17.5 Å². The monoisotopic (exact) mass is 316 g/mol. The lowest BCUT2D eigenvalue weighted by molar-refractivity contribution is 0.0244. The molecule has 2 aromatic rings. The third-order valence-corrected chi connectivity index (χ3v) is 3.60. The number of hydrogen-bond donors (Lipinski definition) is 2. The van der Waals surface area contributed by atoms with E-state index in [9.17, 15) is 0 Å². The second-order valence-corrected chi connectivity index (χ2v) is 5.34.